The number of hydrogen-bond donors (Lipinski definition) is 2. The van der Waals surface area contributed by atoms with Gasteiger partial charge in [0.05, 0.1) is 4.90 Å². The molecule has 0 amide bonds. The summed E-state index contributed by atoms with van der Waals surface area (Å²) in [6, 6.07) is 7.60. The smallest absolute Gasteiger partial charge is 0.191 e. The van der Waals surface area contributed by atoms with Crippen molar-refractivity contribution in [2.75, 3.05) is 19.3 Å². The van der Waals surface area contributed by atoms with Crippen LogP contribution in [0.1, 0.15) is 44.6 Å². The lowest BCUT2D eigenvalue weighted by molar-refractivity contribution is 0.410. The van der Waals surface area contributed by atoms with Gasteiger partial charge >= 0.3 is 0 Å². The molecule has 0 unspecified atom stereocenters. The Kier molecular flexibility index (Phi) is 7.09. The number of nitrogens with one attached hydrogen (secondary N) is 2. The van der Waals surface area contributed by atoms with Crippen LogP contribution in [-0.4, -0.2) is 39.8 Å². The fourth-order valence-electron chi connectivity index (χ4n) is 2.96. The molecule has 134 valence electrons. The Balaban J connectivity index is 1.89. The van der Waals surface area contributed by atoms with Crippen LogP contribution < -0.4 is 10.6 Å². The number of benzene rings is 1. The zero-order valence-electron chi connectivity index (χ0n) is 14.7. The molecule has 0 heterocycles. The molecule has 5 nitrogen and oxygen atoms in total. The average Bonchev–Trinajstić information content (AvgIpc) is 2.55. The summed E-state index contributed by atoms with van der Waals surface area (Å²) in [7, 11) is -3.12. The molecule has 1 saturated carbocycles. The van der Waals surface area contributed by atoms with Crippen molar-refractivity contribution >= 4 is 15.8 Å². The second-order valence-corrected chi connectivity index (χ2v) is 8.42. The molecule has 1 aliphatic rings. The minimum Gasteiger partial charge on any atom is -0.357 e. The van der Waals surface area contributed by atoms with Gasteiger partial charge in [-0.05, 0) is 43.9 Å². The van der Waals surface area contributed by atoms with Crippen LogP contribution in [0.4, 0.5) is 0 Å². The topological polar surface area (TPSA) is 70.6 Å². The number of sulfone groups is 1. The first-order chi connectivity index (χ1) is 11.5. The Labute approximate surface area is 145 Å². The van der Waals surface area contributed by atoms with Crippen molar-refractivity contribution < 1.29 is 8.42 Å². The third-order valence-electron chi connectivity index (χ3n) is 4.31. The van der Waals surface area contributed by atoms with E-state index < -0.39 is 9.84 Å². The van der Waals surface area contributed by atoms with E-state index >= 15 is 0 Å². The fourth-order valence-corrected chi connectivity index (χ4v) is 3.59. The SMILES string of the molecule is CCNC(=NCCc1ccc(S(C)(=O)=O)cc1)NC1CCCCC1. The van der Waals surface area contributed by atoms with E-state index in [1.54, 1.807) is 12.1 Å². The number of hydrogen-bond acceptors (Lipinski definition) is 3. The molecule has 0 radical (unpaired) electrons. The summed E-state index contributed by atoms with van der Waals surface area (Å²) in [5.41, 5.74) is 1.10. The van der Waals surface area contributed by atoms with E-state index in [9.17, 15) is 8.42 Å². The van der Waals surface area contributed by atoms with Crippen molar-refractivity contribution in [2.45, 2.75) is 56.4 Å². The highest BCUT2D eigenvalue weighted by Gasteiger charge is 2.14. The predicted octanol–water partition coefficient (Wildman–Crippen LogP) is 2.52. The molecule has 1 aromatic carbocycles. The van der Waals surface area contributed by atoms with Crippen molar-refractivity contribution in [3.8, 4) is 0 Å². The van der Waals surface area contributed by atoms with E-state index in [0.29, 0.717) is 17.5 Å². The molecule has 0 saturated heterocycles. The lowest BCUT2D eigenvalue weighted by Gasteiger charge is -2.24. The van der Waals surface area contributed by atoms with Gasteiger partial charge in [-0.3, -0.25) is 4.99 Å². The van der Waals surface area contributed by atoms with Gasteiger partial charge in [0, 0.05) is 25.4 Å². The Morgan fingerprint density at radius 3 is 2.42 bits per heavy atom. The third kappa shape index (κ3) is 6.15. The van der Waals surface area contributed by atoms with E-state index in [1.807, 2.05) is 12.1 Å². The fraction of sp³-hybridized carbons (Fsp3) is 0.611. The normalized spacial score (nSPS) is 16.8. The summed E-state index contributed by atoms with van der Waals surface area (Å²) >= 11 is 0. The lowest BCUT2D eigenvalue weighted by atomic mass is 9.96. The molecule has 1 fully saturated rings. The van der Waals surface area contributed by atoms with Crippen molar-refractivity contribution in [1.82, 2.24) is 10.6 Å². The van der Waals surface area contributed by atoms with Gasteiger partial charge in [-0.15, -0.1) is 0 Å². The minimum absolute atomic E-state index is 0.363. The molecule has 0 spiro atoms. The van der Waals surface area contributed by atoms with Gasteiger partial charge in [-0.1, -0.05) is 31.4 Å². The Morgan fingerprint density at radius 2 is 1.83 bits per heavy atom. The number of rotatable bonds is 6. The second-order valence-electron chi connectivity index (χ2n) is 6.41. The van der Waals surface area contributed by atoms with Crippen LogP contribution in [0, 0.1) is 0 Å². The van der Waals surface area contributed by atoms with Crippen molar-refractivity contribution in [3.05, 3.63) is 29.8 Å². The van der Waals surface area contributed by atoms with Crippen LogP contribution in [0.2, 0.25) is 0 Å². The molecule has 24 heavy (non-hydrogen) atoms. The van der Waals surface area contributed by atoms with Crippen molar-refractivity contribution in [2.24, 2.45) is 4.99 Å². The highest BCUT2D eigenvalue weighted by Crippen LogP contribution is 2.17. The summed E-state index contributed by atoms with van der Waals surface area (Å²) in [5.74, 6) is 0.886. The maximum Gasteiger partial charge on any atom is 0.191 e. The van der Waals surface area contributed by atoms with E-state index in [-0.39, 0.29) is 0 Å². The maximum atomic E-state index is 11.5. The third-order valence-corrected chi connectivity index (χ3v) is 5.44. The number of guanidine groups is 1. The molecule has 0 aromatic heterocycles. The molecule has 0 aliphatic heterocycles. The first-order valence-electron chi connectivity index (χ1n) is 8.83. The van der Waals surface area contributed by atoms with Gasteiger partial charge in [0.15, 0.2) is 15.8 Å². The molecule has 1 aromatic rings. The summed E-state index contributed by atoms with van der Waals surface area (Å²) < 4.78 is 22.9. The van der Waals surface area contributed by atoms with Gasteiger partial charge in [0.2, 0.25) is 0 Å². The summed E-state index contributed by atoms with van der Waals surface area (Å²) in [4.78, 5) is 5.01. The first-order valence-corrected chi connectivity index (χ1v) is 10.7. The van der Waals surface area contributed by atoms with Gasteiger partial charge in [-0.25, -0.2) is 8.42 Å². The molecule has 2 rings (SSSR count). The van der Waals surface area contributed by atoms with Crippen molar-refractivity contribution in [1.29, 1.82) is 0 Å². The molecule has 1 aliphatic carbocycles. The van der Waals surface area contributed by atoms with E-state index in [4.69, 9.17) is 0 Å². The predicted molar refractivity (Wildman–Crippen MR) is 99.2 cm³/mol. The molecule has 0 bridgehead atoms. The molecule has 6 heteroatoms. The molecular formula is C18H29N3O2S. The van der Waals surface area contributed by atoms with Gasteiger partial charge in [0.25, 0.3) is 0 Å². The van der Waals surface area contributed by atoms with Crippen LogP contribution in [-0.2, 0) is 16.3 Å². The Hall–Kier alpha value is -1.56. The summed E-state index contributed by atoms with van der Waals surface area (Å²) in [6.07, 6.45) is 8.40. The van der Waals surface area contributed by atoms with Crippen LogP contribution in [0.15, 0.2) is 34.2 Å². The van der Waals surface area contributed by atoms with Crippen LogP contribution >= 0.6 is 0 Å². The monoisotopic (exact) mass is 351 g/mol. The minimum atomic E-state index is -3.12. The van der Waals surface area contributed by atoms with E-state index in [2.05, 4.69) is 22.5 Å². The van der Waals surface area contributed by atoms with Gasteiger partial charge in [-0.2, -0.15) is 0 Å². The van der Waals surface area contributed by atoms with Crippen LogP contribution in [0.25, 0.3) is 0 Å². The summed E-state index contributed by atoms with van der Waals surface area (Å²) in [6.45, 7) is 3.60. The molecular weight excluding hydrogens is 322 g/mol. The van der Waals surface area contributed by atoms with E-state index in [0.717, 1.165) is 24.5 Å². The largest absolute Gasteiger partial charge is 0.357 e. The van der Waals surface area contributed by atoms with E-state index in [1.165, 1.54) is 38.4 Å². The molecule has 2 N–H and O–H groups in total. The zero-order chi connectivity index (χ0) is 17.4. The van der Waals surface area contributed by atoms with Crippen LogP contribution in [0.5, 0.6) is 0 Å². The standard InChI is InChI=1S/C18H29N3O2S/c1-3-19-18(21-16-7-5-4-6-8-16)20-14-13-15-9-11-17(12-10-15)24(2,22)23/h9-12,16H,3-8,13-14H2,1-2H3,(H2,19,20,21). The quantitative estimate of drug-likeness (QED) is 0.610. The summed E-state index contributed by atoms with van der Waals surface area (Å²) in [5, 5.41) is 6.84. The van der Waals surface area contributed by atoms with Crippen LogP contribution in [0.3, 0.4) is 0 Å². The second kappa shape index (κ2) is 9.06. The first kappa shape index (κ1) is 18.8. The highest BCUT2D eigenvalue weighted by atomic mass is 32.2. The number of aliphatic imine (C=N–C) groups is 1. The van der Waals surface area contributed by atoms with Gasteiger partial charge in [0.1, 0.15) is 0 Å². The maximum absolute atomic E-state index is 11.5. The lowest BCUT2D eigenvalue weighted by Crippen LogP contribution is -2.44. The molecule has 0 atom stereocenters. The Morgan fingerprint density at radius 1 is 1.17 bits per heavy atom. The average molecular weight is 352 g/mol. The number of nitrogens with zero attached hydrogens (tertiary/aromatic N) is 1. The highest BCUT2D eigenvalue weighted by molar-refractivity contribution is 7.90. The van der Waals surface area contributed by atoms with Crippen molar-refractivity contribution in [3.63, 3.8) is 0 Å². The van der Waals surface area contributed by atoms with Gasteiger partial charge < -0.3 is 10.6 Å². The Bertz CT molecular complexity index is 633. The zero-order valence-corrected chi connectivity index (χ0v) is 15.5.